The highest BCUT2D eigenvalue weighted by molar-refractivity contribution is 6.03. The van der Waals surface area contributed by atoms with Crippen molar-refractivity contribution in [2.45, 2.75) is 65.6 Å². The maximum Gasteiger partial charge on any atom is 0.251 e. The van der Waals surface area contributed by atoms with Crippen LogP contribution in [0.1, 0.15) is 56.5 Å². The van der Waals surface area contributed by atoms with Crippen molar-refractivity contribution in [2.75, 3.05) is 29.9 Å². The Kier molecular flexibility index (Phi) is 10.8. The first kappa shape index (κ1) is 29.3. The summed E-state index contributed by atoms with van der Waals surface area (Å²) < 4.78 is 0. The number of aryl methyl sites for hydroxylation is 1. The van der Waals surface area contributed by atoms with Gasteiger partial charge in [0.2, 0.25) is 11.8 Å². The van der Waals surface area contributed by atoms with Crippen LogP contribution in [0.25, 0.3) is 0 Å². The van der Waals surface area contributed by atoms with Gasteiger partial charge in [0.1, 0.15) is 6.04 Å². The molecule has 2 aromatic rings. The average Bonchev–Trinajstić information content (AvgIpc) is 3.38. The number of hydrogen-bond acceptors (Lipinski definition) is 6. The molecule has 2 aromatic carbocycles. The number of hydroxylamine groups is 1. The molecule has 0 aliphatic carbocycles. The standard InChI is InChI=1S/C29H41N5O4/c1-6-19(3)27-25(18-31-38-27)30-16-17-34(26-11-9-8-10-20(26)4)29(37)24(7-2)33-28(36)22-12-14-23(15-13-22)32-21(5)35/h8-15,19,24-25,27,30-31H,6-7,16-18H2,1-5H3,(H,32,35)(H,33,36). The fourth-order valence-electron chi connectivity index (χ4n) is 4.62. The summed E-state index contributed by atoms with van der Waals surface area (Å²) in [6, 6.07) is 13.8. The van der Waals surface area contributed by atoms with Gasteiger partial charge in [-0.3, -0.25) is 19.2 Å². The third kappa shape index (κ3) is 7.63. The topological polar surface area (TPSA) is 112 Å². The summed E-state index contributed by atoms with van der Waals surface area (Å²) in [6.45, 7) is 11.4. The number of rotatable bonds is 12. The molecule has 0 spiro atoms. The van der Waals surface area contributed by atoms with Gasteiger partial charge in [0.25, 0.3) is 5.91 Å². The van der Waals surface area contributed by atoms with Crippen LogP contribution in [0.4, 0.5) is 11.4 Å². The first-order valence-electron chi connectivity index (χ1n) is 13.4. The van der Waals surface area contributed by atoms with Gasteiger partial charge in [-0.1, -0.05) is 45.4 Å². The van der Waals surface area contributed by atoms with E-state index in [1.807, 2.05) is 38.1 Å². The van der Waals surface area contributed by atoms with Gasteiger partial charge >= 0.3 is 0 Å². The second kappa shape index (κ2) is 14.0. The van der Waals surface area contributed by atoms with Gasteiger partial charge in [-0.2, -0.15) is 0 Å². The monoisotopic (exact) mass is 523 g/mol. The lowest BCUT2D eigenvalue weighted by molar-refractivity contribution is -0.120. The van der Waals surface area contributed by atoms with Crippen LogP contribution in [0.3, 0.4) is 0 Å². The zero-order chi connectivity index (χ0) is 27.7. The molecule has 1 fully saturated rings. The Balaban J connectivity index is 1.71. The lowest BCUT2D eigenvalue weighted by Gasteiger charge is -2.30. The molecule has 9 heteroatoms. The molecular formula is C29H41N5O4. The van der Waals surface area contributed by atoms with Crippen molar-refractivity contribution in [2.24, 2.45) is 5.92 Å². The minimum absolute atomic E-state index is 0.0716. The van der Waals surface area contributed by atoms with Gasteiger partial charge in [0.15, 0.2) is 0 Å². The zero-order valence-electron chi connectivity index (χ0n) is 23.0. The van der Waals surface area contributed by atoms with Crippen LogP contribution in [0.2, 0.25) is 0 Å². The molecule has 38 heavy (non-hydrogen) atoms. The molecule has 0 aromatic heterocycles. The molecule has 1 heterocycles. The predicted molar refractivity (Wildman–Crippen MR) is 150 cm³/mol. The lowest BCUT2D eigenvalue weighted by Crippen LogP contribution is -2.51. The van der Waals surface area contributed by atoms with E-state index in [4.69, 9.17) is 4.84 Å². The molecule has 0 radical (unpaired) electrons. The van der Waals surface area contributed by atoms with Crippen LogP contribution in [0.15, 0.2) is 48.5 Å². The number of para-hydroxylation sites is 1. The van der Waals surface area contributed by atoms with Crippen molar-refractivity contribution in [1.82, 2.24) is 16.1 Å². The first-order chi connectivity index (χ1) is 18.2. The average molecular weight is 524 g/mol. The predicted octanol–water partition coefficient (Wildman–Crippen LogP) is 3.40. The molecule has 4 N–H and O–H groups in total. The third-order valence-electron chi connectivity index (χ3n) is 7.02. The van der Waals surface area contributed by atoms with E-state index in [1.165, 1.54) is 6.92 Å². The fourth-order valence-corrected chi connectivity index (χ4v) is 4.62. The van der Waals surface area contributed by atoms with Crippen molar-refractivity contribution in [3.63, 3.8) is 0 Å². The number of nitrogens with one attached hydrogen (secondary N) is 4. The molecule has 3 rings (SSSR count). The van der Waals surface area contributed by atoms with Crippen molar-refractivity contribution in [3.05, 3.63) is 59.7 Å². The van der Waals surface area contributed by atoms with Crippen LogP contribution in [0, 0.1) is 12.8 Å². The highest BCUT2D eigenvalue weighted by atomic mass is 16.7. The maximum absolute atomic E-state index is 13.8. The summed E-state index contributed by atoms with van der Waals surface area (Å²) in [6.07, 6.45) is 1.54. The largest absolute Gasteiger partial charge is 0.340 e. The van der Waals surface area contributed by atoms with Crippen LogP contribution in [0.5, 0.6) is 0 Å². The van der Waals surface area contributed by atoms with Crippen molar-refractivity contribution >= 4 is 29.1 Å². The van der Waals surface area contributed by atoms with Gasteiger partial charge in [0.05, 0.1) is 12.1 Å². The Labute approximate surface area is 225 Å². The summed E-state index contributed by atoms with van der Waals surface area (Å²) in [5, 5.41) is 9.15. The van der Waals surface area contributed by atoms with Crippen LogP contribution >= 0.6 is 0 Å². The second-order valence-corrected chi connectivity index (χ2v) is 9.85. The second-order valence-electron chi connectivity index (χ2n) is 9.85. The Hall–Kier alpha value is -3.27. The van der Waals surface area contributed by atoms with E-state index in [0.29, 0.717) is 43.2 Å². The van der Waals surface area contributed by atoms with E-state index < -0.39 is 6.04 Å². The van der Waals surface area contributed by atoms with Gasteiger partial charge in [0, 0.05) is 43.5 Å². The number of anilines is 2. The molecule has 1 aliphatic rings. The smallest absolute Gasteiger partial charge is 0.251 e. The summed E-state index contributed by atoms with van der Waals surface area (Å²) >= 11 is 0. The molecule has 206 valence electrons. The van der Waals surface area contributed by atoms with Crippen molar-refractivity contribution in [1.29, 1.82) is 0 Å². The molecule has 0 bridgehead atoms. The highest BCUT2D eigenvalue weighted by Gasteiger charge is 2.32. The molecule has 1 saturated heterocycles. The summed E-state index contributed by atoms with van der Waals surface area (Å²) in [5.41, 5.74) is 5.84. The Morgan fingerprint density at radius 2 is 1.79 bits per heavy atom. The van der Waals surface area contributed by atoms with E-state index in [1.54, 1.807) is 29.2 Å². The number of carbonyl (C=O) groups excluding carboxylic acids is 3. The SMILES string of the molecule is CCC(NC(=O)c1ccc(NC(C)=O)cc1)C(=O)N(CCNC1CNOC1C(C)CC)c1ccccc1C. The van der Waals surface area contributed by atoms with Gasteiger partial charge < -0.3 is 20.9 Å². The van der Waals surface area contributed by atoms with E-state index >= 15 is 0 Å². The Morgan fingerprint density at radius 1 is 1.08 bits per heavy atom. The molecule has 1 aliphatic heterocycles. The molecule has 4 unspecified atom stereocenters. The molecule has 0 saturated carbocycles. The number of hydrogen-bond donors (Lipinski definition) is 4. The van der Waals surface area contributed by atoms with Crippen LogP contribution < -0.4 is 26.3 Å². The number of amides is 3. The molecule has 9 nitrogen and oxygen atoms in total. The summed E-state index contributed by atoms with van der Waals surface area (Å²) in [4.78, 5) is 45.6. The lowest BCUT2D eigenvalue weighted by atomic mass is 9.96. The highest BCUT2D eigenvalue weighted by Crippen LogP contribution is 2.22. The summed E-state index contributed by atoms with van der Waals surface area (Å²) in [7, 11) is 0. The molecule has 3 amide bonds. The van der Waals surface area contributed by atoms with Crippen molar-refractivity contribution < 1.29 is 19.2 Å². The first-order valence-corrected chi connectivity index (χ1v) is 13.4. The minimum Gasteiger partial charge on any atom is -0.340 e. The maximum atomic E-state index is 13.8. The quantitative estimate of drug-likeness (QED) is 0.339. The number of nitrogens with zero attached hydrogens (tertiary/aromatic N) is 1. The number of carbonyl (C=O) groups is 3. The molecule has 4 atom stereocenters. The summed E-state index contributed by atoms with van der Waals surface area (Å²) in [5.74, 6) is -0.278. The van der Waals surface area contributed by atoms with Crippen molar-refractivity contribution in [3.8, 4) is 0 Å². The van der Waals surface area contributed by atoms with E-state index in [-0.39, 0.29) is 29.9 Å². The Bertz CT molecular complexity index is 1090. The van der Waals surface area contributed by atoms with E-state index in [2.05, 4.69) is 35.3 Å². The van der Waals surface area contributed by atoms with E-state index in [0.717, 1.165) is 17.7 Å². The van der Waals surface area contributed by atoms with Gasteiger partial charge in [-0.05, 0) is 55.2 Å². The van der Waals surface area contributed by atoms with Crippen LogP contribution in [-0.4, -0.2) is 55.5 Å². The normalized spacial score (nSPS) is 18.4. The van der Waals surface area contributed by atoms with Gasteiger partial charge in [-0.15, -0.1) is 0 Å². The van der Waals surface area contributed by atoms with Gasteiger partial charge in [-0.25, -0.2) is 5.48 Å². The third-order valence-corrected chi connectivity index (χ3v) is 7.02. The minimum atomic E-state index is -0.693. The van der Waals surface area contributed by atoms with Crippen LogP contribution in [-0.2, 0) is 14.4 Å². The fraction of sp³-hybridized carbons (Fsp3) is 0.483. The van der Waals surface area contributed by atoms with E-state index in [9.17, 15) is 14.4 Å². The Morgan fingerprint density at radius 3 is 2.42 bits per heavy atom. The molecular weight excluding hydrogens is 482 g/mol. The zero-order valence-corrected chi connectivity index (χ0v) is 23.0. The number of benzene rings is 2.